The maximum atomic E-state index is 12.1. The number of aromatic nitrogens is 1. The van der Waals surface area contributed by atoms with E-state index in [-0.39, 0.29) is 12.5 Å². The minimum absolute atomic E-state index is 0.0489. The summed E-state index contributed by atoms with van der Waals surface area (Å²) < 4.78 is 0. The van der Waals surface area contributed by atoms with E-state index in [9.17, 15) is 4.79 Å². The molecule has 3 rings (SSSR count). The lowest BCUT2D eigenvalue weighted by molar-refractivity contribution is 0.0950. The van der Waals surface area contributed by atoms with Gasteiger partial charge in [0.1, 0.15) is 10.7 Å². The summed E-state index contributed by atoms with van der Waals surface area (Å²) in [6.07, 6.45) is 0.749. The van der Waals surface area contributed by atoms with Gasteiger partial charge in [0.15, 0.2) is 0 Å². The van der Waals surface area contributed by atoms with Gasteiger partial charge in [0.05, 0.1) is 6.61 Å². The second-order valence-corrected chi connectivity index (χ2v) is 6.67. The number of hydrogen-bond acceptors (Lipinski definition) is 5. The molecule has 0 aliphatic carbocycles. The van der Waals surface area contributed by atoms with Crippen molar-refractivity contribution in [1.29, 1.82) is 0 Å². The van der Waals surface area contributed by atoms with E-state index < -0.39 is 0 Å². The number of amides is 1. The van der Waals surface area contributed by atoms with Crippen LogP contribution in [0.3, 0.4) is 0 Å². The summed E-state index contributed by atoms with van der Waals surface area (Å²) in [5.41, 5.74) is 3.54. The first-order chi connectivity index (χ1) is 11.3. The molecule has 2 aromatic heterocycles. The molecule has 0 spiro atoms. The predicted molar refractivity (Wildman–Crippen MR) is 93.8 cm³/mol. The van der Waals surface area contributed by atoms with E-state index in [1.807, 2.05) is 41.1 Å². The predicted octanol–water partition coefficient (Wildman–Crippen LogP) is 3.34. The number of aliphatic hydroxyl groups is 1. The van der Waals surface area contributed by atoms with Crippen LogP contribution in [0, 0.1) is 0 Å². The summed E-state index contributed by atoms with van der Waals surface area (Å²) in [4.78, 5) is 16.5. The molecule has 0 bridgehead atoms. The largest absolute Gasteiger partial charge is 0.392 e. The number of carbonyl (C=O) groups excluding carboxylic acids is 1. The zero-order valence-electron chi connectivity index (χ0n) is 12.4. The van der Waals surface area contributed by atoms with Crippen molar-refractivity contribution in [1.82, 2.24) is 10.3 Å². The van der Waals surface area contributed by atoms with Crippen LogP contribution in [-0.4, -0.2) is 22.5 Å². The summed E-state index contributed by atoms with van der Waals surface area (Å²) in [7, 11) is 0. The number of hydrogen-bond donors (Lipinski definition) is 2. The van der Waals surface area contributed by atoms with Crippen LogP contribution in [0.5, 0.6) is 0 Å². The number of rotatable bonds is 6. The van der Waals surface area contributed by atoms with Gasteiger partial charge in [-0.05, 0) is 29.0 Å². The maximum Gasteiger partial charge on any atom is 0.270 e. The number of benzene rings is 1. The van der Waals surface area contributed by atoms with Crippen LogP contribution in [-0.2, 0) is 13.0 Å². The van der Waals surface area contributed by atoms with E-state index in [4.69, 9.17) is 5.11 Å². The second kappa shape index (κ2) is 7.50. The third kappa shape index (κ3) is 4.04. The highest BCUT2D eigenvalue weighted by atomic mass is 32.1. The van der Waals surface area contributed by atoms with Crippen molar-refractivity contribution in [3.05, 3.63) is 63.3 Å². The number of aliphatic hydroxyl groups excluding tert-OH is 1. The van der Waals surface area contributed by atoms with Crippen molar-refractivity contribution in [2.75, 3.05) is 6.54 Å². The Bertz CT molecular complexity index is 764. The fourth-order valence-corrected chi connectivity index (χ4v) is 3.63. The molecule has 3 aromatic rings. The van der Waals surface area contributed by atoms with E-state index in [1.54, 1.807) is 16.7 Å². The molecule has 0 unspecified atom stereocenters. The summed E-state index contributed by atoms with van der Waals surface area (Å²) in [5, 5.41) is 18.6. The first-order valence-electron chi connectivity index (χ1n) is 7.21. The van der Waals surface area contributed by atoms with Crippen molar-refractivity contribution in [2.45, 2.75) is 13.0 Å². The summed E-state index contributed by atoms with van der Waals surface area (Å²) >= 11 is 3.10. The molecule has 0 atom stereocenters. The monoisotopic (exact) mass is 344 g/mol. The molecule has 2 N–H and O–H groups in total. The zero-order chi connectivity index (χ0) is 16.1. The van der Waals surface area contributed by atoms with Crippen LogP contribution >= 0.6 is 22.7 Å². The molecule has 1 amide bonds. The number of thiazole rings is 1. The molecule has 118 valence electrons. The standard InChI is InChI=1S/C17H16N2O2S2/c20-9-13-3-1-12(2-4-13)5-7-18-16(21)15-11-23-17(19-15)14-6-8-22-10-14/h1-4,6,8,10-11,20H,5,7,9H2,(H,18,21). The van der Waals surface area contributed by atoms with Gasteiger partial charge < -0.3 is 10.4 Å². The minimum atomic E-state index is -0.144. The molecule has 1 aromatic carbocycles. The summed E-state index contributed by atoms with van der Waals surface area (Å²) in [6, 6.07) is 9.72. The van der Waals surface area contributed by atoms with Crippen LogP contribution in [0.2, 0.25) is 0 Å². The van der Waals surface area contributed by atoms with Crippen molar-refractivity contribution < 1.29 is 9.90 Å². The molecule has 0 fully saturated rings. The number of nitrogens with one attached hydrogen (secondary N) is 1. The maximum absolute atomic E-state index is 12.1. The minimum Gasteiger partial charge on any atom is -0.392 e. The zero-order valence-corrected chi connectivity index (χ0v) is 14.0. The molecular weight excluding hydrogens is 328 g/mol. The Balaban J connectivity index is 1.53. The molecule has 0 aliphatic heterocycles. The third-order valence-electron chi connectivity index (χ3n) is 3.41. The first kappa shape index (κ1) is 15.9. The van der Waals surface area contributed by atoms with Crippen molar-refractivity contribution >= 4 is 28.6 Å². The molecule has 4 nitrogen and oxygen atoms in total. The van der Waals surface area contributed by atoms with E-state index >= 15 is 0 Å². The Labute approximate surface area is 142 Å². The number of thiophene rings is 1. The lowest BCUT2D eigenvalue weighted by Crippen LogP contribution is -2.25. The highest BCUT2D eigenvalue weighted by Crippen LogP contribution is 2.25. The highest BCUT2D eigenvalue weighted by Gasteiger charge is 2.11. The fourth-order valence-electron chi connectivity index (χ4n) is 2.12. The van der Waals surface area contributed by atoms with Gasteiger partial charge in [0.25, 0.3) is 5.91 Å². The van der Waals surface area contributed by atoms with E-state index in [1.165, 1.54) is 11.3 Å². The van der Waals surface area contributed by atoms with Gasteiger partial charge in [-0.25, -0.2) is 4.98 Å². The van der Waals surface area contributed by atoms with Crippen LogP contribution in [0.1, 0.15) is 21.6 Å². The highest BCUT2D eigenvalue weighted by molar-refractivity contribution is 7.14. The Morgan fingerprint density at radius 2 is 1.91 bits per heavy atom. The van der Waals surface area contributed by atoms with Crippen LogP contribution < -0.4 is 5.32 Å². The molecule has 23 heavy (non-hydrogen) atoms. The van der Waals surface area contributed by atoms with Crippen molar-refractivity contribution in [2.24, 2.45) is 0 Å². The van der Waals surface area contributed by atoms with Crippen molar-refractivity contribution in [3.63, 3.8) is 0 Å². The number of nitrogens with zero attached hydrogens (tertiary/aromatic N) is 1. The lowest BCUT2D eigenvalue weighted by Gasteiger charge is -2.04. The van der Waals surface area contributed by atoms with Crippen LogP contribution in [0.4, 0.5) is 0 Å². The van der Waals surface area contributed by atoms with Crippen LogP contribution in [0.15, 0.2) is 46.5 Å². The van der Waals surface area contributed by atoms with E-state index in [0.717, 1.165) is 28.1 Å². The third-order valence-corrected chi connectivity index (χ3v) is 4.98. The smallest absolute Gasteiger partial charge is 0.270 e. The summed E-state index contributed by atoms with van der Waals surface area (Å²) in [6.45, 7) is 0.607. The Morgan fingerprint density at radius 3 is 2.61 bits per heavy atom. The van der Waals surface area contributed by atoms with Gasteiger partial charge in [-0.2, -0.15) is 11.3 Å². The first-order valence-corrected chi connectivity index (χ1v) is 9.03. The fraction of sp³-hybridized carbons (Fsp3) is 0.176. The molecule has 2 heterocycles. The molecule has 6 heteroatoms. The van der Waals surface area contributed by atoms with Gasteiger partial charge in [-0.3, -0.25) is 4.79 Å². The average Bonchev–Trinajstić information content (AvgIpc) is 3.26. The van der Waals surface area contributed by atoms with Gasteiger partial charge in [0, 0.05) is 22.9 Å². The van der Waals surface area contributed by atoms with E-state index in [0.29, 0.717) is 12.2 Å². The normalized spacial score (nSPS) is 10.7. The lowest BCUT2D eigenvalue weighted by atomic mass is 10.1. The van der Waals surface area contributed by atoms with Gasteiger partial charge in [0.2, 0.25) is 0 Å². The average molecular weight is 344 g/mol. The topological polar surface area (TPSA) is 62.2 Å². The molecule has 0 radical (unpaired) electrons. The van der Waals surface area contributed by atoms with E-state index in [2.05, 4.69) is 10.3 Å². The summed E-state index contributed by atoms with van der Waals surface area (Å²) in [5.74, 6) is -0.144. The Kier molecular flexibility index (Phi) is 5.17. The second-order valence-electron chi connectivity index (χ2n) is 5.03. The van der Waals surface area contributed by atoms with Gasteiger partial charge in [-0.15, -0.1) is 11.3 Å². The van der Waals surface area contributed by atoms with Crippen LogP contribution in [0.25, 0.3) is 10.6 Å². The van der Waals surface area contributed by atoms with Gasteiger partial charge in [-0.1, -0.05) is 24.3 Å². The Hall–Kier alpha value is -2.02. The van der Waals surface area contributed by atoms with Gasteiger partial charge >= 0.3 is 0 Å². The molecular formula is C17H16N2O2S2. The molecule has 0 aliphatic rings. The van der Waals surface area contributed by atoms with Crippen molar-refractivity contribution in [3.8, 4) is 10.6 Å². The quantitative estimate of drug-likeness (QED) is 0.721. The SMILES string of the molecule is O=C(NCCc1ccc(CO)cc1)c1csc(-c2ccsc2)n1. The number of carbonyl (C=O) groups is 1. The Morgan fingerprint density at radius 1 is 1.13 bits per heavy atom. The molecule has 0 saturated carbocycles. The molecule has 0 saturated heterocycles.